The molecule has 0 heterocycles. The van der Waals surface area contributed by atoms with Crippen molar-refractivity contribution in [3.8, 4) is 6.07 Å². The SMILES string of the molecule is N#Cc1ccc(CN(Cc2ccccc2)S(=O)(=O)c2cccc(Cl)c2)cc1. The molecule has 0 saturated carbocycles. The maximum absolute atomic E-state index is 13.2. The molecule has 0 spiro atoms. The third kappa shape index (κ3) is 4.75. The van der Waals surface area contributed by atoms with E-state index < -0.39 is 10.0 Å². The first-order chi connectivity index (χ1) is 13.0. The van der Waals surface area contributed by atoms with E-state index in [-0.39, 0.29) is 18.0 Å². The summed E-state index contributed by atoms with van der Waals surface area (Å²) in [7, 11) is -3.75. The molecule has 0 N–H and O–H groups in total. The molecule has 136 valence electrons. The van der Waals surface area contributed by atoms with E-state index in [1.807, 2.05) is 30.3 Å². The van der Waals surface area contributed by atoms with Crippen molar-refractivity contribution in [1.82, 2.24) is 4.31 Å². The van der Waals surface area contributed by atoms with Crippen molar-refractivity contribution in [3.63, 3.8) is 0 Å². The number of nitrogens with zero attached hydrogens (tertiary/aromatic N) is 2. The van der Waals surface area contributed by atoms with Crippen LogP contribution >= 0.6 is 11.6 Å². The van der Waals surface area contributed by atoms with Crippen LogP contribution in [-0.2, 0) is 23.1 Å². The zero-order valence-corrected chi connectivity index (χ0v) is 16.0. The smallest absolute Gasteiger partial charge is 0.207 e. The van der Waals surface area contributed by atoms with Gasteiger partial charge in [0.25, 0.3) is 0 Å². The summed E-state index contributed by atoms with van der Waals surface area (Å²) in [5, 5.41) is 9.31. The molecule has 4 nitrogen and oxygen atoms in total. The van der Waals surface area contributed by atoms with E-state index in [2.05, 4.69) is 6.07 Å². The number of benzene rings is 3. The largest absolute Gasteiger partial charge is 0.243 e. The molecule has 0 aromatic heterocycles. The van der Waals surface area contributed by atoms with Crippen LogP contribution in [0.25, 0.3) is 0 Å². The predicted octanol–water partition coefficient (Wildman–Crippen LogP) is 4.60. The summed E-state index contributed by atoms with van der Waals surface area (Å²) in [6.45, 7) is 0.422. The molecule has 0 saturated heterocycles. The van der Waals surface area contributed by atoms with Crippen LogP contribution in [-0.4, -0.2) is 12.7 Å². The van der Waals surface area contributed by atoms with Gasteiger partial charge in [-0.3, -0.25) is 0 Å². The molecule has 3 aromatic rings. The monoisotopic (exact) mass is 396 g/mol. The van der Waals surface area contributed by atoms with Crippen molar-refractivity contribution in [1.29, 1.82) is 5.26 Å². The minimum absolute atomic E-state index is 0.152. The normalized spacial score (nSPS) is 11.3. The van der Waals surface area contributed by atoms with Crippen LogP contribution in [0.4, 0.5) is 0 Å². The van der Waals surface area contributed by atoms with Crippen molar-refractivity contribution < 1.29 is 8.42 Å². The molecule has 3 aromatic carbocycles. The van der Waals surface area contributed by atoms with Crippen molar-refractivity contribution >= 4 is 21.6 Å². The second-order valence-electron chi connectivity index (χ2n) is 6.02. The molecular formula is C21H17ClN2O2S. The molecule has 0 aliphatic heterocycles. The van der Waals surface area contributed by atoms with E-state index in [9.17, 15) is 8.42 Å². The summed E-state index contributed by atoms with van der Waals surface area (Å²) in [4.78, 5) is 0.152. The highest BCUT2D eigenvalue weighted by atomic mass is 35.5. The average molecular weight is 397 g/mol. The summed E-state index contributed by atoms with van der Waals surface area (Å²) in [6.07, 6.45) is 0. The lowest BCUT2D eigenvalue weighted by Gasteiger charge is -2.23. The zero-order valence-electron chi connectivity index (χ0n) is 14.4. The lowest BCUT2D eigenvalue weighted by Crippen LogP contribution is -2.30. The Morgan fingerprint density at radius 1 is 0.852 bits per heavy atom. The van der Waals surface area contributed by atoms with Gasteiger partial charge in [0.1, 0.15) is 0 Å². The molecule has 0 amide bonds. The Balaban J connectivity index is 1.97. The summed E-state index contributed by atoms with van der Waals surface area (Å²) >= 11 is 6.00. The van der Waals surface area contributed by atoms with Crippen molar-refractivity contribution in [3.05, 3.63) is 101 Å². The minimum Gasteiger partial charge on any atom is -0.207 e. The van der Waals surface area contributed by atoms with Crippen LogP contribution in [0.2, 0.25) is 5.02 Å². The van der Waals surface area contributed by atoms with Gasteiger partial charge in [0.05, 0.1) is 16.5 Å². The van der Waals surface area contributed by atoms with E-state index in [0.717, 1.165) is 11.1 Å². The maximum atomic E-state index is 13.2. The zero-order chi connectivity index (χ0) is 19.3. The van der Waals surface area contributed by atoms with Crippen LogP contribution in [0, 0.1) is 11.3 Å². The fourth-order valence-electron chi connectivity index (χ4n) is 2.68. The Labute approximate surface area is 164 Å². The lowest BCUT2D eigenvalue weighted by atomic mass is 10.1. The van der Waals surface area contributed by atoms with Crippen molar-refractivity contribution in [2.45, 2.75) is 18.0 Å². The Bertz CT molecular complexity index is 1060. The van der Waals surface area contributed by atoms with Crippen molar-refractivity contribution in [2.75, 3.05) is 0 Å². The Hall–Kier alpha value is -2.65. The molecule has 0 aliphatic rings. The number of halogens is 1. The Morgan fingerprint density at radius 3 is 2.07 bits per heavy atom. The highest BCUT2D eigenvalue weighted by Crippen LogP contribution is 2.23. The fraction of sp³-hybridized carbons (Fsp3) is 0.0952. The molecule has 0 fully saturated rings. The van der Waals surface area contributed by atoms with E-state index in [1.54, 1.807) is 36.4 Å². The van der Waals surface area contributed by atoms with E-state index >= 15 is 0 Å². The quantitative estimate of drug-likeness (QED) is 0.611. The van der Waals surface area contributed by atoms with Gasteiger partial charge in [0, 0.05) is 18.1 Å². The van der Waals surface area contributed by atoms with Crippen LogP contribution in [0.3, 0.4) is 0 Å². The second kappa shape index (κ2) is 8.36. The molecule has 0 bridgehead atoms. The van der Waals surface area contributed by atoms with Gasteiger partial charge in [0.2, 0.25) is 10.0 Å². The van der Waals surface area contributed by atoms with Gasteiger partial charge in [0.15, 0.2) is 0 Å². The first kappa shape index (κ1) is 19.1. The van der Waals surface area contributed by atoms with Gasteiger partial charge in [-0.25, -0.2) is 8.42 Å². The van der Waals surface area contributed by atoms with Crippen LogP contribution < -0.4 is 0 Å². The number of nitriles is 1. The summed E-state index contributed by atoms with van der Waals surface area (Å²) in [5.41, 5.74) is 2.22. The third-order valence-corrected chi connectivity index (χ3v) is 6.10. The van der Waals surface area contributed by atoms with Gasteiger partial charge in [-0.1, -0.05) is 60.1 Å². The summed E-state index contributed by atoms with van der Waals surface area (Å²) in [6, 6.07) is 24.6. The molecule has 0 radical (unpaired) electrons. The average Bonchev–Trinajstić information content (AvgIpc) is 2.69. The van der Waals surface area contributed by atoms with Crippen molar-refractivity contribution in [2.24, 2.45) is 0 Å². The van der Waals surface area contributed by atoms with Crippen LogP contribution in [0.5, 0.6) is 0 Å². The minimum atomic E-state index is -3.75. The molecule has 0 aliphatic carbocycles. The number of rotatable bonds is 6. The predicted molar refractivity (Wildman–Crippen MR) is 105 cm³/mol. The lowest BCUT2D eigenvalue weighted by molar-refractivity contribution is 0.401. The highest BCUT2D eigenvalue weighted by Gasteiger charge is 2.25. The molecule has 6 heteroatoms. The van der Waals surface area contributed by atoms with Gasteiger partial charge in [-0.05, 0) is 41.5 Å². The first-order valence-corrected chi connectivity index (χ1v) is 10.1. The summed E-state index contributed by atoms with van der Waals surface area (Å²) < 4.78 is 27.9. The van der Waals surface area contributed by atoms with Gasteiger partial charge in [-0.15, -0.1) is 0 Å². The molecule has 27 heavy (non-hydrogen) atoms. The standard InChI is InChI=1S/C21H17ClN2O2S/c22-20-7-4-8-21(13-20)27(25,26)24(15-18-5-2-1-3-6-18)16-19-11-9-17(14-23)10-12-19/h1-13H,15-16H2. The van der Waals surface area contributed by atoms with E-state index in [4.69, 9.17) is 16.9 Å². The molecule has 0 unspecified atom stereocenters. The van der Waals surface area contributed by atoms with E-state index in [0.29, 0.717) is 10.6 Å². The molecular weight excluding hydrogens is 380 g/mol. The number of hydrogen-bond acceptors (Lipinski definition) is 3. The van der Waals surface area contributed by atoms with E-state index in [1.165, 1.54) is 16.4 Å². The van der Waals surface area contributed by atoms with Crippen LogP contribution in [0.1, 0.15) is 16.7 Å². The Morgan fingerprint density at radius 2 is 1.48 bits per heavy atom. The molecule has 3 rings (SSSR count). The topological polar surface area (TPSA) is 61.2 Å². The molecule has 0 atom stereocenters. The van der Waals surface area contributed by atoms with Gasteiger partial charge < -0.3 is 0 Å². The fourth-order valence-corrected chi connectivity index (χ4v) is 4.40. The number of hydrogen-bond donors (Lipinski definition) is 0. The highest BCUT2D eigenvalue weighted by molar-refractivity contribution is 7.89. The third-order valence-electron chi connectivity index (χ3n) is 4.08. The second-order valence-corrected chi connectivity index (χ2v) is 8.40. The maximum Gasteiger partial charge on any atom is 0.243 e. The van der Waals surface area contributed by atoms with Gasteiger partial charge in [-0.2, -0.15) is 9.57 Å². The Kier molecular flexibility index (Phi) is 5.92. The number of sulfonamides is 1. The first-order valence-electron chi connectivity index (χ1n) is 8.28. The van der Waals surface area contributed by atoms with Crippen LogP contribution in [0.15, 0.2) is 83.8 Å². The van der Waals surface area contributed by atoms with Gasteiger partial charge >= 0.3 is 0 Å². The summed E-state index contributed by atoms with van der Waals surface area (Å²) in [5.74, 6) is 0.